The third kappa shape index (κ3) is 6.86. The van der Waals surface area contributed by atoms with Crippen molar-refractivity contribution in [1.82, 2.24) is 9.88 Å². The Balaban J connectivity index is 1.36. The number of ether oxygens (including phenoxy) is 2. The predicted molar refractivity (Wildman–Crippen MR) is 149 cm³/mol. The molecule has 0 saturated heterocycles. The van der Waals surface area contributed by atoms with E-state index in [-0.39, 0.29) is 17.6 Å². The first-order valence-electron chi connectivity index (χ1n) is 12.3. The summed E-state index contributed by atoms with van der Waals surface area (Å²) in [4.78, 5) is 26.2. The number of hydrogen-bond acceptors (Lipinski definition) is 5. The molecule has 0 saturated carbocycles. The highest BCUT2D eigenvalue weighted by Crippen LogP contribution is 2.30. The van der Waals surface area contributed by atoms with E-state index in [2.05, 4.69) is 21.3 Å². The molecule has 0 spiro atoms. The van der Waals surface area contributed by atoms with Gasteiger partial charge in [-0.3, -0.25) is 9.59 Å². The summed E-state index contributed by atoms with van der Waals surface area (Å²) in [5.41, 5.74) is 2.32. The van der Waals surface area contributed by atoms with Crippen LogP contribution in [0.3, 0.4) is 0 Å². The number of benzene rings is 3. The molecule has 4 rings (SSSR count). The molecule has 7 nitrogen and oxygen atoms in total. The predicted octanol–water partition coefficient (Wildman–Crippen LogP) is 5.60. The Labute approximate surface area is 221 Å². The van der Waals surface area contributed by atoms with E-state index in [0.29, 0.717) is 43.3 Å². The van der Waals surface area contributed by atoms with E-state index < -0.39 is 0 Å². The van der Waals surface area contributed by atoms with Gasteiger partial charge in [0.05, 0.1) is 24.7 Å². The van der Waals surface area contributed by atoms with Crippen molar-refractivity contribution in [3.63, 3.8) is 0 Å². The van der Waals surface area contributed by atoms with Gasteiger partial charge >= 0.3 is 0 Å². The van der Waals surface area contributed by atoms with Crippen LogP contribution in [0, 0.1) is 0 Å². The van der Waals surface area contributed by atoms with E-state index in [0.717, 1.165) is 21.5 Å². The molecular formula is C29H31N3O4S. The number of rotatable bonds is 12. The van der Waals surface area contributed by atoms with Crippen LogP contribution < -0.4 is 20.1 Å². The van der Waals surface area contributed by atoms with Gasteiger partial charge in [-0.05, 0) is 56.3 Å². The maximum absolute atomic E-state index is 12.7. The van der Waals surface area contributed by atoms with E-state index in [4.69, 9.17) is 9.47 Å². The maximum atomic E-state index is 12.7. The molecule has 1 aromatic heterocycles. The highest BCUT2D eigenvalue weighted by Gasteiger charge is 2.13. The fourth-order valence-electron chi connectivity index (χ4n) is 3.96. The largest absolute Gasteiger partial charge is 0.494 e. The summed E-state index contributed by atoms with van der Waals surface area (Å²) in [5, 5.41) is 7.01. The second-order valence-electron chi connectivity index (χ2n) is 8.18. The lowest BCUT2D eigenvalue weighted by Crippen LogP contribution is -2.27. The maximum Gasteiger partial charge on any atom is 0.251 e. The third-order valence-electron chi connectivity index (χ3n) is 5.64. The Morgan fingerprint density at radius 1 is 0.892 bits per heavy atom. The Morgan fingerprint density at radius 3 is 2.41 bits per heavy atom. The third-order valence-corrected chi connectivity index (χ3v) is 6.68. The van der Waals surface area contributed by atoms with Crippen molar-refractivity contribution in [2.24, 2.45) is 0 Å². The fraction of sp³-hybridized carbons (Fsp3) is 0.241. The lowest BCUT2D eigenvalue weighted by molar-refractivity contribution is -0.113. The summed E-state index contributed by atoms with van der Waals surface area (Å²) in [6.45, 7) is 6.04. The molecule has 0 bridgehead atoms. The van der Waals surface area contributed by atoms with Crippen LogP contribution in [0.25, 0.3) is 10.9 Å². The minimum Gasteiger partial charge on any atom is -0.494 e. The summed E-state index contributed by atoms with van der Waals surface area (Å²) in [6.07, 6.45) is 2.04. The summed E-state index contributed by atoms with van der Waals surface area (Å²) in [6, 6.07) is 22.6. The number of fused-ring (bicyclic) bond motifs is 1. The molecule has 0 atom stereocenters. The molecule has 192 valence electrons. The molecule has 0 aliphatic rings. The van der Waals surface area contributed by atoms with E-state index in [1.54, 1.807) is 24.3 Å². The zero-order chi connectivity index (χ0) is 26.0. The van der Waals surface area contributed by atoms with Crippen molar-refractivity contribution in [1.29, 1.82) is 0 Å². The lowest BCUT2D eigenvalue weighted by atomic mass is 10.2. The molecule has 8 heteroatoms. The lowest BCUT2D eigenvalue weighted by Gasteiger charge is -2.11. The number of amides is 2. The first-order chi connectivity index (χ1) is 18.1. The summed E-state index contributed by atoms with van der Waals surface area (Å²) >= 11 is 1.49. The number of anilines is 1. The molecule has 3 aromatic carbocycles. The van der Waals surface area contributed by atoms with Gasteiger partial charge in [-0.25, -0.2) is 0 Å². The van der Waals surface area contributed by atoms with E-state index in [1.807, 2.05) is 62.5 Å². The topological polar surface area (TPSA) is 81.6 Å². The van der Waals surface area contributed by atoms with Gasteiger partial charge in [-0.2, -0.15) is 0 Å². The molecule has 0 aliphatic carbocycles. The first-order valence-corrected chi connectivity index (χ1v) is 13.3. The van der Waals surface area contributed by atoms with Crippen molar-refractivity contribution in [2.75, 3.05) is 30.8 Å². The Kier molecular flexibility index (Phi) is 9.10. The number of nitrogens with one attached hydrogen (secondary N) is 2. The van der Waals surface area contributed by atoms with Gasteiger partial charge in [0.1, 0.15) is 11.5 Å². The number of nitrogens with zero attached hydrogens (tertiary/aromatic N) is 1. The van der Waals surface area contributed by atoms with Crippen LogP contribution in [0.5, 0.6) is 11.5 Å². The molecule has 0 unspecified atom stereocenters. The molecule has 2 N–H and O–H groups in total. The van der Waals surface area contributed by atoms with Crippen molar-refractivity contribution in [2.45, 2.75) is 25.3 Å². The van der Waals surface area contributed by atoms with Gasteiger partial charge in [-0.1, -0.05) is 30.3 Å². The van der Waals surface area contributed by atoms with E-state index in [1.165, 1.54) is 11.8 Å². The Bertz CT molecular complexity index is 1350. The number of carbonyl (C=O) groups is 2. The molecule has 0 fully saturated rings. The van der Waals surface area contributed by atoms with Crippen molar-refractivity contribution in [3.05, 3.63) is 84.6 Å². The normalized spacial score (nSPS) is 10.8. The average molecular weight is 518 g/mol. The Hall–Kier alpha value is -3.91. The first kappa shape index (κ1) is 26.2. The van der Waals surface area contributed by atoms with E-state index in [9.17, 15) is 9.59 Å². The smallest absolute Gasteiger partial charge is 0.251 e. The highest BCUT2D eigenvalue weighted by molar-refractivity contribution is 8.00. The number of aromatic nitrogens is 1. The van der Waals surface area contributed by atoms with Gasteiger partial charge in [0, 0.05) is 40.6 Å². The summed E-state index contributed by atoms with van der Waals surface area (Å²) < 4.78 is 13.1. The van der Waals surface area contributed by atoms with Gasteiger partial charge < -0.3 is 24.7 Å². The highest BCUT2D eigenvalue weighted by atomic mass is 32.2. The molecule has 2 amide bonds. The molecule has 0 aliphatic heterocycles. The molecule has 37 heavy (non-hydrogen) atoms. The van der Waals surface area contributed by atoms with Crippen LogP contribution in [0.15, 0.2) is 83.9 Å². The van der Waals surface area contributed by atoms with Crippen LogP contribution in [0.2, 0.25) is 0 Å². The summed E-state index contributed by atoms with van der Waals surface area (Å²) in [7, 11) is 0. The quantitative estimate of drug-likeness (QED) is 0.239. The standard InChI is InChI=1S/C29H31N3O4S/c1-3-35-22-15-13-21(14-16-22)29(34)30-17-18-32-19-27(23-9-5-7-11-25(23)32)37-20-28(33)31-24-10-6-8-12-26(24)36-4-2/h5-16,19H,3-4,17-18,20H2,1-2H3,(H,30,34)(H,31,33). The van der Waals surface area contributed by atoms with Gasteiger partial charge in [-0.15, -0.1) is 11.8 Å². The van der Waals surface area contributed by atoms with Crippen LogP contribution in [0.4, 0.5) is 5.69 Å². The minimum atomic E-state index is -0.127. The molecule has 1 heterocycles. The van der Waals surface area contributed by atoms with Crippen molar-refractivity contribution < 1.29 is 19.1 Å². The zero-order valence-electron chi connectivity index (χ0n) is 21.0. The number of carbonyl (C=O) groups excluding carboxylic acids is 2. The number of para-hydroxylation sites is 3. The van der Waals surface area contributed by atoms with Crippen molar-refractivity contribution in [3.8, 4) is 11.5 Å². The number of thioether (sulfide) groups is 1. The SMILES string of the molecule is CCOc1ccc(C(=O)NCCn2cc(SCC(=O)Nc3ccccc3OCC)c3ccccc32)cc1. The fourth-order valence-corrected chi connectivity index (χ4v) is 4.84. The summed E-state index contributed by atoms with van der Waals surface area (Å²) in [5.74, 6) is 1.44. The molecule has 4 aromatic rings. The monoisotopic (exact) mass is 517 g/mol. The zero-order valence-corrected chi connectivity index (χ0v) is 21.8. The van der Waals surface area contributed by atoms with E-state index >= 15 is 0 Å². The second kappa shape index (κ2) is 12.9. The van der Waals surface area contributed by atoms with Gasteiger partial charge in [0.25, 0.3) is 5.91 Å². The van der Waals surface area contributed by atoms with Crippen LogP contribution in [0.1, 0.15) is 24.2 Å². The minimum absolute atomic E-state index is 0.100. The second-order valence-corrected chi connectivity index (χ2v) is 9.20. The molecule has 0 radical (unpaired) electrons. The Morgan fingerprint density at radius 2 is 1.62 bits per heavy atom. The molecular weight excluding hydrogens is 486 g/mol. The van der Waals surface area contributed by atoms with Crippen LogP contribution in [-0.2, 0) is 11.3 Å². The van der Waals surface area contributed by atoms with Crippen LogP contribution in [-0.4, -0.2) is 41.9 Å². The van der Waals surface area contributed by atoms with Crippen LogP contribution >= 0.6 is 11.8 Å². The van der Waals surface area contributed by atoms with Gasteiger partial charge in [0.15, 0.2) is 0 Å². The van der Waals surface area contributed by atoms with Gasteiger partial charge in [0.2, 0.25) is 5.91 Å². The number of hydrogen-bond donors (Lipinski definition) is 2. The van der Waals surface area contributed by atoms with Crippen molar-refractivity contribution >= 4 is 40.2 Å². The average Bonchev–Trinajstić information content (AvgIpc) is 3.27.